The highest BCUT2D eigenvalue weighted by molar-refractivity contribution is 6.30. The van der Waals surface area contributed by atoms with Crippen molar-refractivity contribution in [3.8, 4) is 11.6 Å². The predicted octanol–water partition coefficient (Wildman–Crippen LogP) is 3.67. The van der Waals surface area contributed by atoms with Gasteiger partial charge in [-0.05, 0) is 12.0 Å². The minimum Gasteiger partial charge on any atom is -0.488 e. The van der Waals surface area contributed by atoms with Gasteiger partial charge >= 0.3 is 0 Å². The molecule has 6 heteroatoms. The number of rotatable bonds is 7. The second-order valence-corrected chi connectivity index (χ2v) is 6.09. The molecular formula is C19H22ClNO4. The van der Waals surface area contributed by atoms with E-state index in [0.717, 1.165) is 17.5 Å². The molecule has 1 fully saturated rings. The van der Waals surface area contributed by atoms with E-state index >= 15 is 0 Å². The molecule has 1 aromatic carbocycles. The van der Waals surface area contributed by atoms with Crippen molar-refractivity contribution in [2.24, 2.45) is 0 Å². The van der Waals surface area contributed by atoms with E-state index in [1.807, 2.05) is 37.3 Å². The fourth-order valence-electron chi connectivity index (χ4n) is 2.57. The molecule has 2 heterocycles. The van der Waals surface area contributed by atoms with Gasteiger partial charge in [0.2, 0.25) is 5.88 Å². The van der Waals surface area contributed by atoms with E-state index in [1.54, 1.807) is 6.07 Å². The van der Waals surface area contributed by atoms with Gasteiger partial charge < -0.3 is 18.9 Å². The van der Waals surface area contributed by atoms with Crippen LogP contribution in [-0.4, -0.2) is 37.5 Å². The van der Waals surface area contributed by atoms with Crippen molar-refractivity contribution in [2.75, 3.05) is 26.4 Å². The zero-order chi connectivity index (χ0) is 17.5. The summed E-state index contributed by atoms with van der Waals surface area (Å²) in [5, 5.41) is 0.406. The molecule has 2 aromatic rings. The van der Waals surface area contributed by atoms with Crippen LogP contribution in [0.5, 0.6) is 11.6 Å². The van der Waals surface area contributed by atoms with Crippen molar-refractivity contribution in [2.45, 2.75) is 26.1 Å². The van der Waals surface area contributed by atoms with Crippen LogP contribution < -0.4 is 9.47 Å². The Hall–Kier alpha value is -1.82. The van der Waals surface area contributed by atoms with Crippen molar-refractivity contribution in [1.29, 1.82) is 0 Å². The van der Waals surface area contributed by atoms with Crippen molar-refractivity contribution < 1.29 is 18.9 Å². The number of halogens is 1. The molecule has 5 nitrogen and oxygen atoms in total. The highest BCUT2D eigenvalue weighted by Crippen LogP contribution is 2.30. The first-order valence-corrected chi connectivity index (χ1v) is 8.82. The summed E-state index contributed by atoms with van der Waals surface area (Å²) in [5.74, 6) is 1.13. The lowest BCUT2D eigenvalue weighted by molar-refractivity contribution is -0.102. The molecular weight excluding hydrogens is 342 g/mol. The summed E-state index contributed by atoms with van der Waals surface area (Å²) in [4.78, 5) is 4.31. The normalized spacial score (nSPS) is 17.3. The van der Waals surface area contributed by atoms with Crippen molar-refractivity contribution in [1.82, 2.24) is 4.98 Å². The first-order chi connectivity index (χ1) is 12.3. The monoisotopic (exact) mass is 363 g/mol. The minimum atomic E-state index is -0.0890. The molecule has 0 bridgehead atoms. The average molecular weight is 364 g/mol. The zero-order valence-electron chi connectivity index (χ0n) is 14.2. The maximum atomic E-state index is 6.31. The number of nitrogens with zero attached hydrogens (tertiary/aromatic N) is 1. The van der Waals surface area contributed by atoms with Crippen LogP contribution in [0.2, 0.25) is 5.15 Å². The SMILES string of the molecule is CCc1c(OCc2ccccc2)cc(OC[C@@H]2COCCO2)nc1Cl. The van der Waals surface area contributed by atoms with Crippen LogP contribution in [0, 0.1) is 0 Å². The molecule has 1 aromatic heterocycles. The van der Waals surface area contributed by atoms with Gasteiger partial charge in [0.25, 0.3) is 0 Å². The van der Waals surface area contributed by atoms with Gasteiger partial charge in [0.15, 0.2) is 0 Å². The first-order valence-electron chi connectivity index (χ1n) is 8.44. The van der Waals surface area contributed by atoms with Crippen molar-refractivity contribution in [3.63, 3.8) is 0 Å². The van der Waals surface area contributed by atoms with Gasteiger partial charge in [-0.2, -0.15) is 0 Å². The molecule has 25 heavy (non-hydrogen) atoms. The molecule has 3 rings (SSSR count). The van der Waals surface area contributed by atoms with E-state index in [4.69, 9.17) is 30.5 Å². The Morgan fingerprint density at radius 3 is 2.76 bits per heavy atom. The van der Waals surface area contributed by atoms with E-state index in [9.17, 15) is 0 Å². The molecule has 1 atom stereocenters. The van der Waals surface area contributed by atoms with Crippen LogP contribution in [0.3, 0.4) is 0 Å². The molecule has 0 spiro atoms. The van der Waals surface area contributed by atoms with Crippen molar-refractivity contribution >= 4 is 11.6 Å². The third kappa shape index (κ3) is 5.08. The van der Waals surface area contributed by atoms with Gasteiger partial charge in [-0.3, -0.25) is 0 Å². The van der Waals surface area contributed by atoms with E-state index in [-0.39, 0.29) is 6.10 Å². The summed E-state index contributed by atoms with van der Waals surface area (Å²) >= 11 is 6.31. The van der Waals surface area contributed by atoms with Gasteiger partial charge in [0.05, 0.1) is 19.8 Å². The summed E-state index contributed by atoms with van der Waals surface area (Å²) in [6, 6.07) is 11.8. The summed E-state index contributed by atoms with van der Waals surface area (Å²) in [5.41, 5.74) is 1.97. The molecule has 0 amide bonds. The van der Waals surface area contributed by atoms with Crippen LogP contribution in [0.15, 0.2) is 36.4 Å². The third-order valence-electron chi connectivity index (χ3n) is 3.90. The Bertz CT molecular complexity index is 675. The van der Waals surface area contributed by atoms with E-state index in [2.05, 4.69) is 4.98 Å². The fraction of sp³-hybridized carbons (Fsp3) is 0.421. The number of pyridine rings is 1. The van der Waals surface area contributed by atoms with E-state index in [0.29, 0.717) is 49.8 Å². The van der Waals surface area contributed by atoms with Crippen molar-refractivity contribution in [3.05, 3.63) is 52.7 Å². The van der Waals surface area contributed by atoms with E-state index in [1.165, 1.54) is 0 Å². The Morgan fingerprint density at radius 2 is 2.04 bits per heavy atom. The Kier molecular flexibility index (Phi) is 6.50. The summed E-state index contributed by atoms with van der Waals surface area (Å²) in [7, 11) is 0. The van der Waals surface area contributed by atoms with Gasteiger partial charge in [0.1, 0.15) is 30.2 Å². The van der Waals surface area contributed by atoms with Gasteiger partial charge in [-0.15, -0.1) is 0 Å². The van der Waals surface area contributed by atoms with Crippen LogP contribution in [-0.2, 0) is 22.5 Å². The largest absolute Gasteiger partial charge is 0.488 e. The van der Waals surface area contributed by atoms with Gasteiger partial charge in [-0.25, -0.2) is 4.98 Å². The minimum absolute atomic E-state index is 0.0890. The van der Waals surface area contributed by atoms with Crippen LogP contribution in [0.25, 0.3) is 0 Å². The standard InChI is InChI=1S/C19H22ClNO4/c1-2-16-17(24-11-14-6-4-3-5-7-14)10-18(21-19(16)20)25-13-15-12-22-8-9-23-15/h3-7,10,15H,2,8-9,11-13H2,1H3/t15-/m0/s1. The summed E-state index contributed by atoms with van der Waals surface area (Å²) in [6.07, 6.45) is 0.643. The predicted molar refractivity (Wildman–Crippen MR) is 95.5 cm³/mol. The topological polar surface area (TPSA) is 49.8 Å². The van der Waals surface area contributed by atoms with Crippen LogP contribution >= 0.6 is 11.6 Å². The number of benzene rings is 1. The Morgan fingerprint density at radius 1 is 1.20 bits per heavy atom. The smallest absolute Gasteiger partial charge is 0.218 e. The number of ether oxygens (including phenoxy) is 4. The molecule has 0 saturated carbocycles. The lowest BCUT2D eigenvalue weighted by Crippen LogP contribution is -2.33. The fourth-order valence-corrected chi connectivity index (χ4v) is 2.88. The molecule has 0 unspecified atom stereocenters. The maximum absolute atomic E-state index is 6.31. The highest BCUT2D eigenvalue weighted by Gasteiger charge is 2.17. The van der Waals surface area contributed by atoms with Crippen LogP contribution in [0.4, 0.5) is 0 Å². The van der Waals surface area contributed by atoms with Gasteiger partial charge in [0, 0.05) is 11.6 Å². The Labute approximate surface area is 152 Å². The molecule has 0 radical (unpaired) electrons. The molecule has 1 saturated heterocycles. The van der Waals surface area contributed by atoms with Gasteiger partial charge in [-0.1, -0.05) is 48.9 Å². The zero-order valence-corrected chi connectivity index (χ0v) is 15.0. The first kappa shape index (κ1) is 18.0. The third-order valence-corrected chi connectivity index (χ3v) is 4.21. The molecule has 1 aliphatic heterocycles. The van der Waals surface area contributed by atoms with E-state index < -0.39 is 0 Å². The molecule has 0 N–H and O–H groups in total. The number of hydrogen-bond acceptors (Lipinski definition) is 5. The van der Waals surface area contributed by atoms with Crippen LogP contribution in [0.1, 0.15) is 18.1 Å². The number of hydrogen-bond donors (Lipinski definition) is 0. The molecule has 134 valence electrons. The highest BCUT2D eigenvalue weighted by atomic mass is 35.5. The maximum Gasteiger partial charge on any atom is 0.218 e. The summed E-state index contributed by atoms with van der Waals surface area (Å²) in [6.45, 7) is 4.59. The number of aromatic nitrogens is 1. The molecule has 0 aliphatic carbocycles. The summed E-state index contributed by atoms with van der Waals surface area (Å²) < 4.78 is 22.6. The Balaban J connectivity index is 1.68. The second kappa shape index (κ2) is 9.04. The lowest BCUT2D eigenvalue weighted by atomic mass is 10.2. The molecule has 1 aliphatic rings. The average Bonchev–Trinajstić information content (AvgIpc) is 2.66. The quantitative estimate of drug-likeness (QED) is 0.702. The lowest BCUT2D eigenvalue weighted by Gasteiger charge is -2.23. The second-order valence-electron chi connectivity index (χ2n) is 5.73.